The molecule has 8 heteroatoms. The van der Waals surface area contributed by atoms with E-state index >= 15 is 0 Å². The zero-order valence-electron chi connectivity index (χ0n) is 13.8. The second kappa shape index (κ2) is 12.5. The quantitative estimate of drug-likeness (QED) is 0.250. The number of carboxylic acids is 1. The number of esters is 1. The highest BCUT2D eigenvalue weighted by molar-refractivity contribution is 7.51. The highest BCUT2D eigenvalue weighted by atomic mass is 31.2. The van der Waals surface area contributed by atoms with Crippen LogP contribution in [0.5, 0.6) is 0 Å². The minimum atomic E-state index is -4.36. The van der Waals surface area contributed by atoms with Crippen LogP contribution in [0.25, 0.3) is 0 Å². The summed E-state index contributed by atoms with van der Waals surface area (Å²) in [4.78, 5) is 40.0. The van der Waals surface area contributed by atoms with E-state index in [1.807, 2.05) is 0 Å². The van der Waals surface area contributed by atoms with Gasteiger partial charge in [-0.25, -0.2) is 0 Å². The first-order valence-electron chi connectivity index (χ1n) is 8.19. The molecule has 0 spiro atoms. The number of hydrogen-bond donors (Lipinski definition) is 3. The van der Waals surface area contributed by atoms with E-state index in [2.05, 4.69) is 6.92 Å². The minimum Gasteiger partial charge on any atom is -0.481 e. The number of rotatable bonds is 14. The van der Waals surface area contributed by atoms with Gasteiger partial charge in [0.05, 0.1) is 18.7 Å². The lowest BCUT2D eigenvalue weighted by atomic mass is 10.1. The lowest BCUT2D eigenvalue weighted by molar-refractivity contribution is -0.144. The van der Waals surface area contributed by atoms with Crippen molar-refractivity contribution in [2.45, 2.75) is 64.7 Å². The van der Waals surface area contributed by atoms with Gasteiger partial charge in [0, 0.05) is 6.42 Å². The highest BCUT2D eigenvalue weighted by Gasteiger charge is 2.26. The summed E-state index contributed by atoms with van der Waals surface area (Å²) in [5, 5.41) is 8.90. The Kier molecular flexibility index (Phi) is 12.0. The number of carboxylic acid groups (broad SMARTS) is 1. The van der Waals surface area contributed by atoms with E-state index in [1.54, 1.807) is 0 Å². The molecular formula is C15H29O7P. The van der Waals surface area contributed by atoms with Gasteiger partial charge in [-0.05, 0) is 19.3 Å². The molecule has 0 radical (unpaired) electrons. The lowest BCUT2D eigenvalue weighted by Gasteiger charge is -2.13. The Morgan fingerprint density at radius 3 is 2.22 bits per heavy atom. The third kappa shape index (κ3) is 14.4. The number of unbranched alkanes of at least 4 members (excludes halogenated alkanes) is 5. The molecule has 0 bridgehead atoms. The molecule has 0 rings (SSSR count). The number of ether oxygens (including phenoxy) is 1. The maximum absolute atomic E-state index is 11.5. The number of carbonyl (C=O) groups excluding carboxylic acids is 1. The third-order valence-corrected chi connectivity index (χ3v) is 4.42. The molecule has 1 atom stereocenters. The van der Waals surface area contributed by atoms with Crippen LogP contribution in [0, 0.1) is 5.92 Å². The van der Waals surface area contributed by atoms with Crippen LogP contribution in [-0.2, 0) is 18.9 Å². The predicted octanol–water partition coefficient (Wildman–Crippen LogP) is 2.94. The lowest BCUT2D eigenvalue weighted by Crippen LogP contribution is -2.19. The topological polar surface area (TPSA) is 121 Å². The van der Waals surface area contributed by atoms with E-state index in [9.17, 15) is 14.2 Å². The zero-order valence-corrected chi connectivity index (χ0v) is 14.7. The second-order valence-electron chi connectivity index (χ2n) is 5.76. The Morgan fingerprint density at radius 1 is 1.04 bits per heavy atom. The molecule has 3 N–H and O–H groups in total. The summed E-state index contributed by atoms with van der Waals surface area (Å²) in [7, 11) is -4.36. The maximum atomic E-state index is 11.5. The van der Waals surface area contributed by atoms with Gasteiger partial charge in [-0.1, -0.05) is 39.0 Å². The molecule has 1 unspecified atom stereocenters. The summed E-state index contributed by atoms with van der Waals surface area (Å²) in [6, 6.07) is 0. The molecule has 0 amide bonds. The van der Waals surface area contributed by atoms with Crippen molar-refractivity contribution in [1.29, 1.82) is 0 Å². The van der Waals surface area contributed by atoms with E-state index in [0.717, 1.165) is 19.3 Å². The van der Waals surface area contributed by atoms with Crippen molar-refractivity contribution < 1.29 is 33.8 Å². The van der Waals surface area contributed by atoms with Gasteiger partial charge in [0.2, 0.25) is 0 Å². The van der Waals surface area contributed by atoms with Gasteiger partial charge in [-0.15, -0.1) is 0 Å². The first kappa shape index (κ1) is 22.1. The summed E-state index contributed by atoms with van der Waals surface area (Å²) in [6.07, 6.45) is 6.50. The van der Waals surface area contributed by atoms with Crippen LogP contribution in [0.3, 0.4) is 0 Å². The minimum absolute atomic E-state index is 0.0741. The van der Waals surface area contributed by atoms with Gasteiger partial charge in [0.15, 0.2) is 0 Å². The molecule has 0 fully saturated rings. The third-order valence-electron chi connectivity index (χ3n) is 3.50. The van der Waals surface area contributed by atoms with Gasteiger partial charge < -0.3 is 19.6 Å². The van der Waals surface area contributed by atoms with E-state index in [-0.39, 0.29) is 25.4 Å². The van der Waals surface area contributed by atoms with Crippen LogP contribution < -0.4 is 0 Å². The van der Waals surface area contributed by atoms with Gasteiger partial charge in [0.25, 0.3) is 0 Å². The average molecular weight is 352 g/mol. The predicted molar refractivity (Wildman–Crippen MR) is 86.2 cm³/mol. The van der Waals surface area contributed by atoms with Crippen LogP contribution in [0.4, 0.5) is 0 Å². The fraction of sp³-hybridized carbons (Fsp3) is 0.867. The normalized spacial score (nSPS) is 12.8. The molecule has 0 aliphatic rings. The average Bonchev–Trinajstić information content (AvgIpc) is 2.44. The van der Waals surface area contributed by atoms with Crippen molar-refractivity contribution in [3.63, 3.8) is 0 Å². The first-order valence-corrected chi connectivity index (χ1v) is 9.99. The standard InChI is InChI=1S/C15H29O7P/c1-2-3-4-5-6-7-10-14(16)22-11-8-9-13(15(17)18)12-23(19,20)21/h13H,2-12H2,1H3,(H,17,18)(H2,19,20,21). The van der Waals surface area contributed by atoms with Crippen LogP contribution in [0.1, 0.15) is 64.7 Å². The molecular weight excluding hydrogens is 323 g/mol. The molecule has 7 nitrogen and oxygen atoms in total. The van der Waals surface area contributed by atoms with E-state index in [1.165, 1.54) is 19.3 Å². The number of aliphatic carboxylic acids is 1. The zero-order chi connectivity index (χ0) is 17.7. The van der Waals surface area contributed by atoms with E-state index in [4.69, 9.17) is 19.6 Å². The summed E-state index contributed by atoms with van der Waals surface area (Å²) in [5.74, 6) is -2.66. The molecule has 136 valence electrons. The molecule has 0 saturated heterocycles. The summed E-state index contributed by atoms with van der Waals surface area (Å²) >= 11 is 0. The molecule has 0 aromatic rings. The van der Waals surface area contributed by atoms with Crippen molar-refractivity contribution in [2.24, 2.45) is 5.92 Å². The Bertz CT molecular complexity index is 391. The van der Waals surface area contributed by atoms with E-state index in [0.29, 0.717) is 6.42 Å². The van der Waals surface area contributed by atoms with Crippen LogP contribution in [-0.4, -0.2) is 39.6 Å². The first-order chi connectivity index (χ1) is 10.8. The molecule has 0 aliphatic heterocycles. The monoisotopic (exact) mass is 352 g/mol. The fourth-order valence-corrected chi connectivity index (χ4v) is 3.13. The summed E-state index contributed by atoms with van der Waals surface area (Å²) in [5.41, 5.74) is 0. The van der Waals surface area contributed by atoms with Crippen LogP contribution >= 0.6 is 7.60 Å². The molecule has 0 heterocycles. The summed E-state index contributed by atoms with van der Waals surface area (Å²) in [6.45, 7) is 2.23. The van der Waals surface area contributed by atoms with Gasteiger partial charge in [-0.2, -0.15) is 0 Å². The molecule has 0 aromatic heterocycles. The van der Waals surface area contributed by atoms with Crippen molar-refractivity contribution in [3.8, 4) is 0 Å². The van der Waals surface area contributed by atoms with Gasteiger partial charge in [-0.3, -0.25) is 14.2 Å². The molecule has 0 saturated carbocycles. The molecule has 0 aliphatic carbocycles. The Morgan fingerprint density at radius 2 is 1.65 bits per heavy atom. The van der Waals surface area contributed by atoms with Gasteiger partial charge in [0.1, 0.15) is 0 Å². The molecule has 0 aromatic carbocycles. The number of hydrogen-bond acceptors (Lipinski definition) is 4. The Labute approximate surface area is 137 Å². The van der Waals surface area contributed by atoms with Crippen molar-refractivity contribution >= 4 is 19.5 Å². The van der Waals surface area contributed by atoms with E-state index < -0.39 is 25.6 Å². The Balaban J connectivity index is 3.73. The highest BCUT2D eigenvalue weighted by Crippen LogP contribution is 2.38. The second-order valence-corrected chi connectivity index (χ2v) is 7.46. The van der Waals surface area contributed by atoms with Crippen molar-refractivity contribution in [2.75, 3.05) is 12.8 Å². The number of carbonyl (C=O) groups is 2. The largest absolute Gasteiger partial charge is 0.481 e. The van der Waals surface area contributed by atoms with Crippen LogP contribution in [0.15, 0.2) is 0 Å². The SMILES string of the molecule is CCCCCCCCC(=O)OCCCC(CP(=O)(O)O)C(=O)O. The van der Waals surface area contributed by atoms with Gasteiger partial charge >= 0.3 is 19.5 Å². The van der Waals surface area contributed by atoms with Crippen molar-refractivity contribution in [3.05, 3.63) is 0 Å². The van der Waals surface area contributed by atoms with Crippen LogP contribution in [0.2, 0.25) is 0 Å². The smallest absolute Gasteiger partial charge is 0.326 e. The summed E-state index contributed by atoms with van der Waals surface area (Å²) < 4.78 is 15.8. The molecule has 23 heavy (non-hydrogen) atoms. The maximum Gasteiger partial charge on any atom is 0.326 e. The van der Waals surface area contributed by atoms with Crippen molar-refractivity contribution in [1.82, 2.24) is 0 Å². The fourth-order valence-electron chi connectivity index (χ4n) is 2.22. The Hall–Kier alpha value is -0.910.